The van der Waals surface area contributed by atoms with E-state index in [1.165, 1.54) is 0 Å². The lowest BCUT2D eigenvalue weighted by atomic mass is 9.90. The molecule has 0 saturated carbocycles. The summed E-state index contributed by atoms with van der Waals surface area (Å²) in [4.78, 5) is 14.2. The van der Waals surface area contributed by atoms with Gasteiger partial charge in [0, 0.05) is 13.1 Å². The Morgan fingerprint density at radius 2 is 2.23 bits per heavy atom. The van der Waals surface area contributed by atoms with E-state index in [0.717, 1.165) is 25.1 Å². The maximum absolute atomic E-state index is 12.0. The van der Waals surface area contributed by atoms with E-state index >= 15 is 0 Å². The van der Waals surface area contributed by atoms with Gasteiger partial charge in [0.05, 0.1) is 16.6 Å². The molecule has 1 aliphatic heterocycles. The lowest BCUT2D eigenvalue weighted by molar-refractivity contribution is -0.122. The summed E-state index contributed by atoms with van der Waals surface area (Å²) in [5.41, 5.74) is 6.88. The van der Waals surface area contributed by atoms with Gasteiger partial charge in [0.15, 0.2) is 0 Å². The molecular weight excluding hydrogens is 321 g/mol. The van der Waals surface area contributed by atoms with Crippen LogP contribution >= 0.6 is 23.2 Å². The maximum atomic E-state index is 12.0. The highest BCUT2D eigenvalue weighted by molar-refractivity contribution is 6.42. The van der Waals surface area contributed by atoms with E-state index in [4.69, 9.17) is 28.9 Å². The van der Waals surface area contributed by atoms with Gasteiger partial charge in [-0.05, 0) is 43.0 Å². The summed E-state index contributed by atoms with van der Waals surface area (Å²) in [6.45, 7) is 5.64. The van der Waals surface area contributed by atoms with Crippen molar-refractivity contribution in [3.63, 3.8) is 0 Å². The van der Waals surface area contributed by atoms with Crippen LogP contribution in [-0.4, -0.2) is 43.5 Å². The first-order valence-corrected chi connectivity index (χ1v) is 8.31. The fourth-order valence-electron chi connectivity index (χ4n) is 2.76. The van der Waals surface area contributed by atoms with Crippen molar-refractivity contribution >= 4 is 29.1 Å². The van der Waals surface area contributed by atoms with E-state index in [1.54, 1.807) is 6.07 Å². The van der Waals surface area contributed by atoms with E-state index in [1.807, 2.05) is 12.1 Å². The third-order valence-electron chi connectivity index (χ3n) is 4.25. The summed E-state index contributed by atoms with van der Waals surface area (Å²) in [6, 6.07) is 5.55. The van der Waals surface area contributed by atoms with Crippen molar-refractivity contribution in [3.8, 4) is 0 Å². The number of likely N-dealkylation sites (tertiary alicyclic amines) is 1. The van der Waals surface area contributed by atoms with Crippen LogP contribution in [-0.2, 0) is 11.2 Å². The smallest absolute Gasteiger partial charge is 0.234 e. The van der Waals surface area contributed by atoms with Crippen LogP contribution in [0.15, 0.2) is 18.2 Å². The van der Waals surface area contributed by atoms with Crippen molar-refractivity contribution < 1.29 is 4.79 Å². The third-order valence-corrected chi connectivity index (χ3v) is 5.10. The normalized spacial score (nSPS) is 22.0. The average Bonchev–Trinajstić information content (AvgIpc) is 2.85. The molecule has 1 aromatic rings. The summed E-state index contributed by atoms with van der Waals surface area (Å²) in [7, 11) is 0. The predicted octanol–water partition coefficient (Wildman–Crippen LogP) is 2.32. The van der Waals surface area contributed by atoms with Crippen molar-refractivity contribution in [2.75, 3.05) is 32.7 Å². The molecule has 4 nitrogen and oxygen atoms in total. The number of halogens is 2. The number of nitrogens with zero attached hydrogens (tertiary/aromatic N) is 1. The van der Waals surface area contributed by atoms with Gasteiger partial charge in [-0.25, -0.2) is 0 Å². The summed E-state index contributed by atoms with van der Waals surface area (Å²) in [6.07, 6.45) is 1.72. The van der Waals surface area contributed by atoms with Crippen LogP contribution in [0.5, 0.6) is 0 Å². The van der Waals surface area contributed by atoms with Gasteiger partial charge in [0.25, 0.3) is 0 Å². The molecule has 3 N–H and O–H groups in total. The summed E-state index contributed by atoms with van der Waals surface area (Å²) < 4.78 is 0. The van der Waals surface area contributed by atoms with Gasteiger partial charge in [-0.1, -0.05) is 42.3 Å². The highest BCUT2D eigenvalue weighted by atomic mass is 35.5. The van der Waals surface area contributed by atoms with Crippen LogP contribution in [0.25, 0.3) is 0 Å². The molecule has 0 spiro atoms. The number of carbonyl (C=O) groups is 1. The molecule has 122 valence electrons. The van der Waals surface area contributed by atoms with E-state index in [9.17, 15) is 4.79 Å². The molecule has 1 amide bonds. The Morgan fingerprint density at radius 3 is 2.91 bits per heavy atom. The zero-order chi connectivity index (χ0) is 16.2. The van der Waals surface area contributed by atoms with Crippen molar-refractivity contribution in [1.29, 1.82) is 0 Å². The number of carbonyl (C=O) groups excluding carboxylic acids is 1. The Balaban J connectivity index is 1.74. The number of amides is 1. The van der Waals surface area contributed by atoms with Gasteiger partial charge in [0.2, 0.25) is 5.91 Å². The van der Waals surface area contributed by atoms with Crippen molar-refractivity contribution in [3.05, 3.63) is 33.8 Å². The molecule has 1 fully saturated rings. The van der Waals surface area contributed by atoms with E-state index in [0.29, 0.717) is 36.1 Å². The fraction of sp³-hybridized carbons (Fsp3) is 0.562. The number of benzene rings is 1. The molecule has 0 radical (unpaired) electrons. The van der Waals surface area contributed by atoms with Gasteiger partial charge in [-0.2, -0.15) is 0 Å². The SMILES string of the molecule is CC1(CN)CCN(CC(=O)NCCc2cccc(Cl)c2Cl)C1. The highest BCUT2D eigenvalue weighted by Gasteiger charge is 2.32. The Bertz CT molecular complexity index is 538. The Hall–Kier alpha value is -0.810. The van der Waals surface area contributed by atoms with Gasteiger partial charge in [-0.3, -0.25) is 9.69 Å². The molecule has 1 aliphatic rings. The van der Waals surface area contributed by atoms with E-state index < -0.39 is 0 Å². The first-order chi connectivity index (χ1) is 10.4. The molecule has 0 aromatic heterocycles. The molecule has 0 bridgehead atoms. The minimum Gasteiger partial charge on any atom is -0.355 e. The number of nitrogens with one attached hydrogen (secondary N) is 1. The van der Waals surface area contributed by atoms with Gasteiger partial charge < -0.3 is 11.1 Å². The molecule has 1 unspecified atom stereocenters. The standard InChI is InChI=1S/C16H23Cl2N3O/c1-16(10-19)6-8-21(11-16)9-14(22)20-7-5-12-3-2-4-13(17)15(12)18/h2-4H,5-11,19H2,1H3,(H,20,22). The zero-order valence-corrected chi connectivity index (χ0v) is 14.4. The molecular formula is C16H23Cl2N3O. The lowest BCUT2D eigenvalue weighted by Gasteiger charge is -2.22. The second-order valence-electron chi connectivity index (χ2n) is 6.29. The van der Waals surface area contributed by atoms with Gasteiger partial charge in [-0.15, -0.1) is 0 Å². The second-order valence-corrected chi connectivity index (χ2v) is 7.07. The Labute approximate surface area is 141 Å². The van der Waals surface area contributed by atoms with Crippen LogP contribution in [0.2, 0.25) is 10.0 Å². The molecule has 1 atom stereocenters. The molecule has 6 heteroatoms. The van der Waals surface area contributed by atoms with E-state index in [-0.39, 0.29) is 11.3 Å². The number of hydrogen-bond acceptors (Lipinski definition) is 3. The second kappa shape index (κ2) is 7.64. The van der Waals surface area contributed by atoms with Crippen LogP contribution in [0.1, 0.15) is 18.9 Å². The minimum absolute atomic E-state index is 0.0411. The summed E-state index contributed by atoms with van der Waals surface area (Å²) >= 11 is 12.1. The quantitative estimate of drug-likeness (QED) is 0.833. The summed E-state index contributed by atoms with van der Waals surface area (Å²) in [5.74, 6) is 0.0411. The number of rotatable bonds is 6. The summed E-state index contributed by atoms with van der Waals surface area (Å²) in [5, 5.41) is 4.05. The first kappa shape index (κ1) is 17.5. The largest absolute Gasteiger partial charge is 0.355 e. The van der Waals surface area contributed by atoms with Crippen LogP contribution in [0.4, 0.5) is 0 Å². The fourth-order valence-corrected chi connectivity index (χ4v) is 3.18. The zero-order valence-electron chi connectivity index (χ0n) is 12.9. The average molecular weight is 344 g/mol. The van der Waals surface area contributed by atoms with E-state index in [2.05, 4.69) is 17.1 Å². The molecule has 22 heavy (non-hydrogen) atoms. The molecule has 1 saturated heterocycles. The lowest BCUT2D eigenvalue weighted by Crippen LogP contribution is -2.38. The first-order valence-electron chi connectivity index (χ1n) is 7.55. The van der Waals surface area contributed by atoms with Crippen molar-refractivity contribution in [2.45, 2.75) is 19.8 Å². The predicted molar refractivity (Wildman–Crippen MR) is 91.4 cm³/mol. The van der Waals surface area contributed by atoms with Crippen molar-refractivity contribution in [1.82, 2.24) is 10.2 Å². The van der Waals surface area contributed by atoms with Crippen LogP contribution in [0, 0.1) is 5.41 Å². The molecule has 2 rings (SSSR count). The maximum Gasteiger partial charge on any atom is 0.234 e. The van der Waals surface area contributed by atoms with Crippen LogP contribution < -0.4 is 11.1 Å². The molecule has 1 aromatic carbocycles. The molecule has 0 aliphatic carbocycles. The monoisotopic (exact) mass is 343 g/mol. The van der Waals surface area contributed by atoms with Crippen molar-refractivity contribution in [2.24, 2.45) is 11.1 Å². The van der Waals surface area contributed by atoms with Gasteiger partial charge in [0.1, 0.15) is 0 Å². The number of hydrogen-bond donors (Lipinski definition) is 2. The molecule has 1 heterocycles. The van der Waals surface area contributed by atoms with Gasteiger partial charge >= 0.3 is 0 Å². The van der Waals surface area contributed by atoms with Crippen LogP contribution in [0.3, 0.4) is 0 Å². The minimum atomic E-state index is 0.0411. The highest BCUT2D eigenvalue weighted by Crippen LogP contribution is 2.28. The Kier molecular flexibility index (Phi) is 6.09. The number of nitrogens with two attached hydrogens (primary N) is 1. The third kappa shape index (κ3) is 4.59. The Morgan fingerprint density at radius 1 is 1.45 bits per heavy atom. The topological polar surface area (TPSA) is 58.4 Å².